The molecule has 2 N–H and O–H groups in total. The fourth-order valence-corrected chi connectivity index (χ4v) is 5.80. The summed E-state index contributed by atoms with van der Waals surface area (Å²) in [5.41, 5.74) is 2.08. The number of likely N-dealkylation sites (tertiary alicyclic amines) is 1. The van der Waals surface area contributed by atoms with E-state index in [1.165, 1.54) is 4.31 Å². The van der Waals surface area contributed by atoms with Crippen LogP contribution < -0.4 is 0 Å². The molecule has 2 aliphatic rings. The molecule has 1 aromatic heterocycles. The van der Waals surface area contributed by atoms with Gasteiger partial charge < -0.3 is 10.1 Å². The predicted molar refractivity (Wildman–Crippen MR) is 108 cm³/mol. The van der Waals surface area contributed by atoms with Crippen molar-refractivity contribution in [1.82, 2.24) is 23.5 Å². The second kappa shape index (κ2) is 9.49. The van der Waals surface area contributed by atoms with E-state index in [2.05, 4.69) is 14.9 Å². The molecule has 3 heterocycles. The summed E-state index contributed by atoms with van der Waals surface area (Å²) in [6.07, 6.45) is 5.30. The third-order valence-corrected chi connectivity index (χ3v) is 7.47. The van der Waals surface area contributed by atoms with Gasteiger partial charge in [-0.25, -0.2) is 4.98 Å². The maximum Gasteiger partial charge on any atom is 0.290 e. The molecule has 2 atom stereocenters. The normalized spacial score (nSPS) is 22.3. The average Bonchev–Trinajstić information content (AvgIpc) is 3.43. The van der Waals surface area contributed by atoms with E-state index in [9.17, 15) is 8.42 Å². The highest BCUT2D eigenvalue weighted by Crippen LogP contribution is 2.35. The molecule has 9 nitrogen and oxygen atoms in total. The number of H-pyrrole nitrogens is 1. The third-order valence-electron chi connectivity index (χ3n) is 5.51. The molecule has 1 aromatic carbocycles. The molecule has 0 aliphatic carbocycles. The van der Waals surface area contributed by atoms with Crippen LogP contribution in [0.2, 0.25) is 0 Å². The van der Waals surface area contributed by atoms with E-state index >= 15 is 0 Å². The molecule has 4 rings (SSSR count). The molecule has 2 aliphatic heterocycles. The summed E-state index contributed by atoms with van der Waals surface area (Å²) in [5, 5.41) is 6.89. The van der Waals surface area contributed by atoms with E-state index in [1.54, 1.807) is 17.7 Å². The number of carbonyl (C=O) groups is 1. The number of rotatable bonds is 6. The number of benzene rings is 1. The van der Waals surface area contributed by atoms with Gasteiger partial charge in [-0.3, -0.25) is 9.69 Å². The van der Waals surface area contributed by atoms with Crippen molar-refractivity contribution in [3.8, 4) is 0 Å². The molecule has 0 unspecified atom stereocenters. The van der Waals surface area contributed by atoms with Crippen LogP contribution >= 0.6 is 0 Å². The third kappa shape index (κ3) is 4.84. The number of imidazole rings is 1. The van der Waals surface area contributed by atoms with Gasteiger partial charge in [-0.1, -0.05) is 30.3 Å². The van der Waals surface area contributed by atoms with Crippen LogP contribution in [0.25, 0.3) is 0 Å². The zero-order chi connectivity index (χ0) is 20.9. The number of hydrogen-bond donors (Lipinski definition) is 2. The predicted octanol–water partition coefficient (Wildman–Crippen LogP) is 1.14. The second-order valence-electron chi connectivity index (χ2n) is 7.22. The maximum absolute atomic E-state index is 13.1. The van der Waals surface area contributed by atoms with Crippen LogP contribution in [0.3, 0.4) is 0 Å². The number of aromatic amines is 1. The van der Waals surface area contributed by atoms with E-state index in [1.807, 2.05) is 36.5 Å². The molecule has 2 aromatic rings. The zero-order valence-corrected chi connectivity index (χ0v) is 17.2. The van der Waals surface area contributed by atoms with Gasteiger partial charge in [0.05, 0.1) is 6.33 Å². The molecular weight excluding hydrogens is 394 g/mol. The Balaban J connectivity index is 0.000000755. The van der Waals surface area contributed by atoms with E-state index in [0.717, 1.165) is 37.2 Å². The molecule has 0 spiro atoms. The van der Waals surface area contributed by atoms with E-state index in [0.29, 0.717) is 19.1 Å². The van der Waals surface area contributed by atoms with Gasteiger partial charge in [0, 0.05) is 57.2 Å². The standard InChI is InChI=1S/C18H25N5O2S.CH2O2/c1-21(12-15-5-3-2-4-6-15)26(24,25)23-10-8-17-18(23)7-9-22(17)13-16-11-19-14-20-16;2-1-3/h2-6,11,14,17-18H,7-10,12-13H2,1H3,(H,19,20);1H,(H,2,3)/t17-,18-;/m0./s1. The minimum Gasteiger partial charge on any atom is -0.483 e. The number of aromatic nitrogens is 2. The fourth-order valence-electron chi connectivity index (χ4n) is 4.21. The molecule has 0 bridgehead atoms. The smallest absolute Gasteiger partial charge is 0.290 e. The molecule has 0 amide bonds. The van der Waals surface area contributed by atoms with Crippen LogP contribution in [0.15, 0.2) is 42.9 Å². The van der Waals surface area contributed by atoms with Gasteiger partial charge in [-0.15, -0.1) is 0 Å². The molecule has 0 radical (unpaired) electrons. The van der Waals surface area contributed by atoms with Gasteiger partial charge in [0.1, 0.15) is 0 Å². The fraction of sp³-hybridized carbons (Fsp3) is 0.474. The summed E-state index contributed by atoms with van der Waals surface area (Å²) in [5.74, 6) is 0. The van der Waals surface area contributed by atoms with Crippen LogP contribution in [-0.2, 0) is 28.1 Å². The average molecular weight is 422 g/mol. The van der Waals surface area contributed by atoms with Crippen LogP contribution in [0, 0.1) is 0 Å². The lowest BCUT2D eigenvalue weighted by Crippen LogP contribution is -2.45. The Morgan fingerprint density at radius 2 is 1.93 bits per heavy atom. The Kier molecular flexibility index (Phi) is 7.01. The first-order chi connectivity index (χ1) is 14.0. The lowest BCUT2D eigenvalue weighted by molar-refractivity contribution is -0.122. The first kappa shape index (κ1) is 21.4. The topological polar surface area (TPSA) is 110 Å². The number of carboxylic acid groups (broad SMARTS) is 1. The Morgan fingerprint density at radius 1 is 1.24 bits per heavy atom. The largest absolute Gasteiger partial charge is 0.483 e. The van der Waals surface area contributed by atoms with Gasteiger partial charge in [-0.05, 0) is 18.4 Å². The highest BCUT2D eigenvalue weighted by molar-refractivity contribution is 7.86. The van der Waals surface area contributed by atoms with Crippen LogP contribution in [-0.4, -0.2) is 75.7 Å². The molecule has 2 saturated heterocycles. The van der Waals surface area contributed by atoms with Crippen molar-refractivity contribution in [3.63, 3.8) is 0 Å². The summed E-state index contributed by atoms with van der Waals surface area (Å²) < 4.78 is 29.4. The Labute approximate surface area is 171 Å². The van der Waals surface area contributed by atoms with E-state index < -0.39 is 10.2 Å². The molecule has 2 fully saturated rings. The second-order valence-corrected chi connectivity index (χ2v) is 9.21. The minimum absolute atomic E-state index is 0.0705. The molecule has 10 heteroatoms. The van der Waals surface area contributed by atoms with Gasteiger partial charge in [0.2, 0.25) is 0 Å². The van der Waals surface area contributed by atoms with Crippen molar-refractivity contribution in [2.75, 3.05) is 20.1 Å². The van der Waals surface area contributed by atoms with Crippen molar-refractivity contribution < 1.29 is 18.3 Å². The lowest BCUT2D eigenvalue weighted by Gasteiger charge is -2.28. The number of nitrogens with one attached hydrogen (secondary N) is 1. The van der Waals surface area contributed by atoms with Crippen LogP contribution in [0.1, 0.15) is 24.1 Å². The molecule has 29 heavy (non-hydrogen) atoms. The van der Waals surface area contributed by atoms with Crippen molar-refractivity contribution in [1.29, 1.82) is 0 Å². The number of fused-ring (bicyclic) bond motifs is 1. The van der Waals surface area contributed by atoms with Crippen molar-refractivity contribution in [3.05, 3.63) is 54.1 Å². The Morgan fingerprint density at radius 3 is 2.59 bits per heavy atom. The monoisotopic (exact) mass is 421 g/mol. The van der Waals surface area contributed by atoms with Gasteiger partial charge in [0.15, 0.2) is 0 Å². The number of nitrogens with zero attached hydrogens (tertiary/aromatic N) is 4. The van der Waals surface area contributed by atoms with Gasteiger partial charge >= 0.3 is 0 Å². The summed E-state index contributed by atoms with van der Waals surface area (Å²) in [6, 6.07) is 10.1. The summed E-state index contributed by atoms with van der Waals surface area (Å²) >= 11 is 0. The Hall–Kier alpha value is -2.27. The Bertz CT molecular complexity index is 875. The van der Waals surface area contributed by atoms with Crippen LogP contribution in [0.5, 0.6) is 0 Å². The molecular formula is C19H27N5O4S. The van der Waals surface area contributed by atoms with E-state index in [4.69, 9.17) is 9.90 Å². The van der Waals surface area contributed by atoms with Crippen molar-refractivity contribution >= 4 is 16.7 Å². The van der Waals surface area contributed by atoms with E-state index in [-0.39, 0.29) is 12.5 Å². The quantitative estimate of drug-likeness (QED) is 0.677. The first-order valence-electron chi connectivity index (χ1n) is 9.53. The summed E-state index contributed by atoms with van der Waals surface area (Å²) in [4.78, 5) is 18.0. The van der Waals surface area contributed by atoms with Gasteiger partial charge in [-0.2, -0.15) is 17.0 Å². The molecule has 158 valence electrons. The SMILES string of the molecule is CN(Cc1ccccc1)S(=O)(=O)N1CC[C@H]2[C@@H]1CCN2Cc1cnc[nH]1.O=CO. The summed E-state index contributed by atoms with van der Waals surface area (Å²) in [6.45, 7) is 2.46. The molecule has 0 saturated carbocycles. The van der Waals surface area contributed by atoms with Gasteiger partial charge in [0.25, 0.3) is 16.7 Å². The number of hydrogen-bond acceptors (Lipinski definition) is 5. The van der Waals surface area contributed by atoms with Crippen LogP contribution in [0.4, 0.5) is 0 Å². The minimum atomic E-state index is -3.46. The summed E-state index contributed by atoms with van der Waals surface area (Å²) in [7, 11) is -1.78. The van der Waals surface area contributed by atoms with Crippen molar-refractivity contribution in [2.45, 2.75) is 38.0 Å². The highest BCUT2D eigenvalue weighted by atomic mass is 32.2. The lowest BCUT2D eigenvalue weighted by atomic mass is 10.1. The first-order valence-corrected chi connectivity index (χ1v) is 10.9. The van der Waals surface area contributed by atoms with Crippen molar-refractivity contribution in [2.24, 2.45) is 0 Å². The maximum atomic E-state index is 13.1. The zero-order valence-electron chi connectivity index (χ0n) is 16.4. The highest BCUT2D eigenvalue weighted by Gasteiger charge is 2.47.